The first-order valence-electron chi connectivity index (χ1n) is 15.0. The molecule has 9 rings (SSSR count). The van der Waals surface area contributed by atoms with Gasteiger partial charge in [0.25, 0.3) is 6.71 Å². The molecule has 0 saturated carbocycles. The fourth-order valence-electron chi connectivity index (χ4n) is 9.06. The van der Waals surface area contributed by atoms with E-state index in [1.807, 2.05) is 0 Å². The molecule has 0 amide bonds. The van der Waals surface area contributed by atoms with E-state index in [0.717, 1.165) is 11.5 Å². The minimum absolute atomic E-state index is 0.0565. The maximum absolute atomic E-state index is 7.05. The van der Waals surface area contributed by atoms with Crippen molar-refractivity contribution in [1.82, 2.24) is 0 Å². The minimum atomic E-state index is -0.158. The van der Waals surface area contributed by atoms with Crippen LogP contribution in [0.4, 0.5) is 0 Å². The average molecular weight is 529 g/mol. The highest BCUT2D eigenvalue weighted by Crippen LogP contribution is 2.56. The molecule has 2 aliphatic carbocycles. The van der Waals surface area contributed by atoms with Crippen LogP contribution in [0.5, 0.6) is 11.5 Å². The molecule has 0 spiro atoms. The van der Waals surface area contributed by atoms with E-state index < -0.39 is 0 Å². The summed E-state index contributed by atoms with van der Waals surface area (Å²) in [4.78, 5) is 0. The predicted octanol–water partition coefficient (Wildman–Crippen LogP) is 7.56. The van der Waals surface area contributed by atoms with Crippen LogP contribution in [0, 0.1) is 0 Å². The van der Waals surface area contributed by atoms with Crippen LogP contribution in [0.25, 0.3) is 22.3 Å². The molecule has 0 aromatic heterocycles. The maximum Gasteiger partial charge on any atom is 0.251 e. The van der Waals surface area contributed by atoms with Gasteiger partial charge >= 0.3 is 0 Å². The second-order valence-electron chi connectivity index (χ2n) is 14.1. The highest BCUT2D eigenvalue weighted by atomic mass is 16.5. The van der Waals surface area contributed by atoms with E-state index in [1.54, 1.807) is 0 Å². The summed E-state index contributed by atoms with van der Waals surface area (Å²) in [5.41, 5.74) is 17.7. The van der Waals surface area contributed by atoms with Crippen LogP contribution in [0.15, 0.2) is 91.0 Å². The topological polar surface area (TPSA) is 9.23 Å². The molecule has 0 unspecified atom stereocenters. The van der Waals surface area contributed by atoms with Crippen LogP contribution >= 0.6 is 0 Å². The van der Waals surface area contributed by atoms with Gasteiger partial charge in [0.2, 0.25) is 0 Å². The largest absolute Gasteiger partial charge is 0.458 e. The molecule has 5 aromatic carbocycles. The monoisotopic (exact) mass is 528 g/mol. The molecule has 41 heavy (non-hydrogen) atoms. The second kappa shape index (κ2) is 7.23. The van der Waals surface area contributed by atoms with Crippen molar-refractivity contribution in [3.63, 3.8) is 0 Å². The molecule has 0 bridgehead atoms. The Bertz CT molecular complexity index is 2010. The number of ether oxygens (including phenoxy) is 1. The van der Waals surface area contributed by atoms with E-state index in [0.29, 0.717) is 0 Å². The van der Waals surface area contributed by atoms with Crippen molar-refractivity contribution in [2.24, 2.45) is 0 Å². The summed E-state index contributed by atoms with van der Waals surface area (Å²) in [5.74, 6) is 2.02. The highest BCUT2D eigenvalue weighted by molar-refractivity contribution is 6.98. The lowest BCUT2D eigenvalue weighted by Gasteiger charge is -2.44. The third kappa shape index (κ3) is 2.66. The fraction of sp³-hybridized carbons (Fsp3) is 0.231. The van der Waals surface area contributed by atoms with Gasteiger partial charge in [-0.3, -0.25) is 0 Å². The van der Waals surface area contributed by atoms with Crippen LogP contribution in [0.3, 0.4) is 0 Å². The summed E-state index contributed by atoms with van der Waals surface area (Å²) >= 11 is 0. The lowest BCUT2D eigenvalue weighted by atomic mass is 9.30. The van der Waals surface area contributed by atoms with Crippen molar-refractivity contribution in [2.75, 3.05) is 0 Å². The Morgan fingerprint density at radius 1 is 0.463 bits per heavy atom. The predicted molar refractivity (Wildman–Crippen MR) is 171 cm³/mol. The van der Waals surface area contributed by atoms with Crippen LogP contribution in [0.1, 0.15) is 74.9 Å². The van der Waals surface area contributed by atoms with Crippen LogP contribution < -0.4 is 21.1 Å². The van der Waals surface area contributed by atoms with Gasteiger partial charge in [0.15, 0.2) is 0 Å². The van der Waals surface area contributed by atoms with Gasteiger partial charge in [-0.25, -0.2) is 0 Å². The van der Waals surface area contributed by atoms with Crippen LogP contribution in [-0.4, -0.2) is 6.71 Å². The summed E-state index contributed by atoms with van der Waals surface area (Å²) in [7, 11) is 0. The number of hydrogen-bond acceptors (Lipinski definition) is 1. The van der Waals surface area contributed by atoms with Crippen molar-refractivity contribution in [3.8, 4) is 33.8 Å². The molecule has 1 nitrogen and oxygen atoms in total. The summed E-state index contributed by atoms with van der Waals surface area (Å²) in [6.45, 7) is 14.6. The molecule has 0 fully saturated rings. The van der Waals surface area contributed by atoms with Gasteiger partial charge in [-0.2, -0.15) is 0 Å². The molecular formula is C39H33BO. The van der Waals surface area contributed by atoms with E-state index in [9.17, 15) is 0 Å². The van der Waals surface area contributed by atoms with Gasteiger partial charge in [-0.15, -0.1) is 0 Å². The molecule has 0 radical (unpaired) electrons. The summed E-state index contributed by atoms with van der Waals surface area (Å²) in [5, 5.41) is 0. The number of hydrogen-bond donors (Lipinski definition) is 0. The molecule has 2 heterocycles. The lowest BCUT2D eigenvalue weighted by Crippen LogP contribution is -2.63. The molecule has 0 N–H and O–H groups in total. The molecule has 2 heteroatoms. The highest BCUT2D eigenvalue weighted by Gasteiger charge is 2.51. The average Bonchev–Trinajstić information content (AvgIpc) is 3.33. The van der Waals surface area contributed by atoms with Crippen LogP contribution in [0.2, 0.25) is 0 Å². The molecule has 198 valence electrons. The lowest BCUT2D eigenvalue weighted by molar-refractivity contribution is 0.483. The molecule has 4 aliphatic rings. The zero-order chi connectivity index (χ0) is 28.1. The standard InChI is InChI=1S/C39H33BO/c1-37(2)26-15-9-7-13-22(26)24-19-32-31(21-29(24)37)40-30-18-12-11-17-28(30)39(5,6)35-34-25(20-33(41-32)36(35)40)23-14-8-10-16-27(23)38(34,3)4/h7-21H,1-6H3. The molecule has 5 aromatic rings. The van der Waals surface area contributed by atoms with E-state index in [1.165, 1.54) is 72.0 Å². The first kappa shape index (κ1) is 23.6. The summed E-state index contributed by atoms with van der Waals surface area (Å²) in [6, 6.07) is 34.3. The maximum atomic E-state index is 7.05. The van der Waals surface area contributed by atoms with Gasteiger partial charge in [0, 0.05) is 16.2 Å². The Labute approximate surface area is 243 Å². The van der Waals surface area contributed by atoms with Gasteiger partial charge in [0.1, 0.15) is 11.5 Å². The van der Waals surface area contributed by atoms with Crippen molar-refractivity contribution < 1.29 is 4.74 Å². The Morgan fingerprint density at radius 2 is 1.02 bits per heavy atom. The number of fused-ring (bicyclic) bond motifs is 11. The Hall–Kier alpha value is -4.04. The normalized spacial score (nSPS) is 18.2. The van der Waals surface area contributed by atoms with Crippen LogP contribution in [-0.2, 0) is 16.2 Å². The van der Waals surface area contributed by atoms with E-state index in [-0.39, 0.29) is 23.0 Å². The number of rotatable bonds is 0. The quantitative estimate of drug-likeness (QED) is 0.185. The van der Waals surface area contributed by atoms with Crippen molar-refractivity contribution in [2.45, 2.75) is 57.8 Å². The summed E-state index contributed by atoms with van der Waals surface area (Å²) < 4.78 is 7.05. The molecule has 0 atom stereocenters. The van der Waals surface area contributed by atoms with Gasteiger partial charge < -0.3 is 4.74 Å². The summed E-state index contributed by atoms with van der Waals surface area (Å²) in [6.07, 6.45) is 0. The van der Waals surface area contributed by atoms with E-state index in [2.05, 4.69) is 133 Å². The first-order valence-corrected chi connectivity index (χ1v) is 15.0. The Kier molecular flexibility index (Phi) is 4.17. The van der Waals surface area contributed by atoms with Crippen molar-refractivity contribution in [1.29, 1.82) is 0 Å². The third-order valence-corrected chi connectivity index (χ3v) is 10.9. The van der Waals surface area contributed by atoms with E-state index in [4.69, 9.17) is 4.74 Å². The minimum Gasteiger partial charge on any atom is -0.458 e. The fourth-order valence-corrected chi connectivity index (χ4v) is 9.06. The third-order valence-electron chi connectivity index (χ3n) is 10.9. The van der Waals surface area contributed by atoms with Gasteiger partial charge in [-0.1, -0.05) is 126 Å². The SMILES string of the molecule is CC1(C)c2ccccc2-c2cc3c(cc21)B1c2ccccc2C(C)(C)c2c1c(cc1c2C(C)(C)c2ccccc2-1)O3. The molecule has 2 aliphatic heterocycles. The molecular weight excluding hydrogens is 495 g/mol. The smallest absolute Gasteiger partial charge is 0.251 e. The van der Waals surface area contributed by atoms with Crippen molar-refractivity contribution in [3.05, 3.63) is 124 Å². The van der Waals surface area contributed by atoms with Crippen molar-refractivity contribution >= 4 is 23.1 Å². The zero-order valence-electron chi connectivity index (χ0n) is 24.6. The Morgan fingerprint density at radius 3 is 1.76 bits per heavy atom. The Balaban J connectivity index is 1.40. The van der Waals surface area contributed by atoms with Gasteiger partial charge in [-0.05, 0) is 78.7 Å². The van der Waals surface area contributed by atoms with E-state index >= 15 is 0 Å². The van der Waals surface area contributed by atoms with Gasteiger partial charge in [0.05, 0.1) is 0 Å². The second-order valence-corrected chi connectivity index (χ2v) is 14.1. The first-order chi connectivity index (χ1) is 19.6. The number of benzene rings is 5. The zero-order valence-corrected chi connectivity index (χ0v) is 24.6. The molecule has 0 saturated heterocycles.